The largest absolute Gasteiger partial charge is 0.449 e. The number of alkyl carbamates (subject to hydrolysis) is 1. The lowest BCUT2D eigenvalue weighted by Gasteiger charge is -2.06. The molecule has 0 bridgehead atoms. The molecule has 0 saturated heterocycles. The summed E-state index contributed by atoms with van der Waals surface area (Å²) in [5, 5.41) is 2.76. The number of nitrogens with one attached hydrogen (secondary N) is 1. The molecule has 0 aromatic heterocycles. The summed E-state index contributed by atoms with van der Waals surface area (Å²) in [7, 11) is 0. The molecule has 0 aromatic rings. The van der Waals surface area contributed by atoms with E-state index in [-0.39, 0.29) is 6.09 Å². The molecule has 1 amide bonds. The molecule has 0 atom stereocenters. The van der Waals surface area contributed by atoms with Crippen molar-refractivity contribution < 1.29 is 9.53 Å². The van der Waals surface area contributed by atoms with Crippen molar-refractivity contribution >= 4 is 6.09 Å². The maximum atomic E-state index is 11.2. The summed E-state index contributed by atoms with van der Waals surface area (Å²) in [5.41, 5.74) is 0. The van der Waals surface area contributed by atoms with Crippen LogP contribution >= 0.6 is 0 Å². The van der Waals surface area contributed by atoms with E-state index in [0.29, 0.717) is 19.6 Å². The average molecular weight is 338 g/mol. The molecule has 24 heavy (non-hydrogen) atoms. The molecular weight excluding hydrogens is 298 g/mol. The zero-order chi connectivity index (χ0) is 17.7. The van der Waals surface area contributed by atoms with Crippen LogP contribution < -0.4 is 5.32 Å². The Balaban J connectivity index is 3.07. The van der Waals surface area contributed by atoms with Gasteiger partial charge in [-0.25, -0.2) is 4.79 Å². The van der Waals surface area contributed by atoms with E-state index in [1.807, 2.05) is 0 Å². The topological polar surface area (TPSA) is 38.3 Å². The minimum absolute atomic E-state index is 0.307. The second kappa shape index (κ2) is 19.9. The van der Waals surface area contributed by atoms with Crippen LogP contribution in [0.4, 0.5) is 4.79 Å². The van der Waals surface area contributed by atoms with Gasteiger partial charge in [0.1, 0.15) is 6.61 Å². The smallest absolute Gasteiger partial charge is 0.407 e. The molecule has 0 aliphatic carbocycles. The third-order valence-electron chi connectivity index (χ3n) is 4.28. The molecule has 0 rings (SSSR count). The Bertz CT molecular complexity index is 309. The number of unbranched alkanes of at least 4 members (excludes halogenated alkanes) is 13. The van der Waals surface area contributed by atoms with Gasteiger partial charge in [-0.05, 0) is 6.42 Å². The molecule has 0 saturated carbocycles. The number of carbonyl (C=O) groups excluding carboxylic acids is 1. The van der Waals surface area contributed by atoms with E-state index in [4.69, 9.17) is 11.2 Å². The summed E-state index contributed by atoms with van der Waals surface area (Å²) in [4.78, 5) is 11.2. The van der Waals surface area contributed by atoms with Crippen LogP contribution in [0, 0.1) is 12.3 Å². The van der Waals surface area contributed by atoms with Gasteiger partial charge in [-0.1, -0.05) is 90.4 Å². The molecule has 0 radical (unpaired) electrons. The molecule has 140 valence electrons. The summed E-state index contributed by atoms with van der Waals surface area (Å²) in [6.45, 7) is 3.28. The summed E-state index contributed by atoms with van der Waals surface area (Å²) in [6.07, 6.45) is 24.0. The second-order valence-electron chi connectivity index (χ2n) is 6.61. The maximum absolute atomic E-state index is 11.2. The number of terminal acetylenes is 1. The Morgan fingerprint density at radius 2 is 1.29 bits per heavy atom. The Morgan fingerprint density at radius 1 is 0.833 bits per heavy atom. The monoisotopic (exact) mass is 337 g/mol. The summed E-state index contributed by atoms with van der Waals surface area (Å²) in [5.74, 6) is 2.44. The van der Waals surface area contributed by atoms with Gasteiger partial charge in [-0.2, -0.15) is 0 Å². The number of rotatable bonds is 17. The molecule has 1 N–H and O–H groups in total. The number of ether oxygens (including phenoxy) is 1. The van der Waals surface area contributed by atoms with Crippen molar-refractivity contribution in [1.82, 2.24) is 5.32 Å². The molecule has 3 heteroatoms. The highest BCUT2D eigenvalue weighted by Crippen LogP contribution is 2.12. The lowest BCUT2D eigenvalue weighted by Crippen LogP contribution is -2.25. The summed E-state index contributed by atoms with van der Waals surface area (Å²) in [6, 6.07) is 0. The normalized spacial score (nSPS) is 10.3. The summed E-state index contributed by atoms with van der Waals surface area (Å²) >= 11 is 0. The van der Waals surface area contributed by atoms with Gasteiger partial charge in [0.05, 0.1) is 0 Å². The van der Waals surface area contributed by atoms with Crippen molar-refractivity contribution in [2.24, 2.45) is 0 Å². The van der Waals surface area contributed by atoms with E-state index in [2.05, 4.69) is 18.2 Å². The lowest BCUT2D eigenvalue weighted by molar-refractivity contribution is 0.148. The van der Waals surface area contributed by atoms with E-state index < -0.39 is 0 Å². The fourth-order valence-electron chi connectivity index (χ4n) is 2.76. The maximum Gasteiger partial charge on any atom is 0.407 e. The van der Waals surface area contributed by atoms with Crippen LogP contribution in [-0.4, -0.2) is 19.2 Å². The van der Waals surface area contributed by atoms with Gasteiger partial charge < -0.3 is 10.1 Å². The highest BCUT2D eigenvalue weighted by Gasteiger charge is 1.99. The Labute approximate surface area is 150 Å². The van der Waals surface area contributed by atoms with E-state index >= 15 is 0 Å². The van der Waals surface area contributed by atoms with Gasteiger partial charge in [-0.15, -0.1) is 12.3 Å². The first-order valence-corrected chi connectivity index (χ1v) is 10.1. The van der Waals surface area contributed by atoms with Crippen molar-refractivity contribution in [3.8, 4) is 12.3 Å². The van der Waals surface area contributed by atoms with E-state index in [1.54, 1.807) is 0 Å². The zero-order valence-electron chi connectivity index (χ0n) is 15.9. The Morgan fingerprint density at radius 3 is 1.75 bits per heavy atom. The number of hydrogen-bond acceptors (Lipinski definition) is 2. The minimum Gasteiger partial charge on any atom is -0.449 e. The fraction of sp³-hybridized carbons (Fsp3) is 0.857. The first-order chi connectivity index (χ1) is 11.8. The highest BCUT2D eigenvalue weighted by atomic mass is 16.5. The SMILES string of the molecule is C#CCCOC(=O)NCCCCCCCCCCCCCCCC. The van der Waals surface area contributed by atoms with E-state index in [1.165, 1.54) is 83.5 Å². The minimum atomic E-state index is -0.347. The van der Waals surface area contributed by atoms with Gasteiger partial charge in [0, 0.05) is 13.0 Å². The molecule has 0 aliphatic heterocycles. The van der Waals surface area contributed by atoms with Crippen molar-refractivity contribution in [3.63, 3.8) is 0 Å². The highest BCUT2D eigenvalue weighted by molar-refractivity contribution is 5.66. The molecule has 0 fully saturated rings. The number of carbonyl (C=O) groups is 1. The summed E-state index contributed by atoms with van der Waals surface area (Å²) < 4.78 is 4.91. The van der Waals surface area contributed by atoms with Crippen LogP contribution in [0.5, 0.6) is 0 Å². The van der Waals surface area contributed by atoms with Gasteiger partial charge in [0.15, 0.2) is 0 Å². The van der Waals surface area contributed by atoms with Gasteiger partial charge in [0.2, 0.25) is 0 Å². The van der Waals surface area contributed by atoms with Gasteiger partial charge in [0.25, 0.3) is 0 Å². The van der Waals surface area contributed by atoms with Crippen LogP contribution in [0.3, 0.4) is 0 Å². The van der Waals surface area contributed by atoms with Crippen LogP contribution in [0.1, 0.15) is 103 Å². The van der Waals surface area contributed by atoms with Gasteiger partial charge >= 0.3 is 6.09 Å². The molecule has 0 aromatic carbocycles. The van der Waals surface area contributed by atoms with Crippen molar-refractivity contribution in [2.75, 3.05) is 13.2 Å². The van der Waals surface area contributed by atoms with Crippen LogP contribution in [0.2, 0.25) is 0 Å². The third kappa shape index (κ3) is 18.9. The second-order valence-corrected chi connectivity index (χ2v) is 6.61. The van der Waals surface area contributed by atoms with Crippen LogP contribution in [-0.2, 0) is 4.74 Å². The van der Waals surface area contributed by atoms with Crippen molar-refractivity contribution in [1.29, 1.82) is 0 Å². The van der Waals surface area contributed by atoms with Crippen molar-refractivity contribution in [2.45, 2.75) is 103 Å². The quantitative estimate of drug-likeness (QED) is 0.253. The number of hydrogen-bond donors (Lipinski definition) is 1. The zero-order valence-corrected chi connectivity index (χ0v) is 15.9. The molecular formula is C21H39NO2. The molecule has 0 spiro atoms. The third-order valence-corrected chi connectivity index (χ3v) is 4.28. The fourth-order valence-corrected chi connectivity index (χ4v) is 2.76. The van der Waals surface area contributed by atoms with Crippen LogP contribution in [0.15, 0.2) is 0 Å². The Kier molecular flexibility index (Phi) is 18.9. The first kappa shape index (κ1) is 22.8. The van der Waals surface area contributed by atoms with Crippen LogP contribution in [0.25, 0.3) is 0 Å². The molecule has 0 aliphatic rings. The molecule has 3 nitrogen and oxygen atoms in total. The average Bonchev–Trinajstić information content (AvgIpc) is 2.58. The van der Waals surface area contributed by atoms with Gasteiger partial charge in [-0.3, -0.25) is 0 Å². The standard InChI is InChI=1S/C21H39NO2/c1-3-5-7-8-9-10-11-12-13-14-15-16-17-18-19-22-21(23)24-20-6-4-2/h2H,3,5-20H2,1H3,(H,22,23). The molecule has 0 heterocycles. The first-order valence-electron chi connectivity index (χ1n) is 10.1. The van der Waals surface area contributed by atoms with E-state index in [0.717, 1.165) is 6.42 Å². The predicted molar refractivity (Wildman–Crippen MR) is 103 cm³/mol. The predicted octanol–water partition coefficient (Wildman–Crippen LogP) is 6.22. The van der Waals surface area contributed by atoms with Crippen molar-refractivity contribution in [3.05, 3.63) is 0 Å². The Hall–Kier alpha value is -1.17. The lowest BCUT2D eigenvalue weighted by atomic mass is 10.0. The molecule has 0 unspecified atom stereocenters. The number of amides is 1. The van der Waals surface area contributed by atoms with E-state index in [9.17, 15) is 4.79 Å².